The molecule has 0 unspecified atom stereocenters. The molecule has 2 rings (SSSR count). The quantitative estimate of drug-likeness (QED) is 0.612. The SMILES string of the molecule is CC[C@@H](OC[C@H]1CO1)c1cc(F)c(F)cc1Br. The van der Waals surface area contributed by atoms with Crippen molar-refractivity contribution in [2.24, 2.45) is 0 Å². The van der Waals surface area contributed by atoms with Gasteiger partial charge in [-0.1, -0.05) is 22.9 Å². The summed E-state index contributed by atoms with van der Waals surface area (Å²) in [5.74, 6) is -1.71. The number of benzene rings is 1. The summed E-state index contributed by atoms with van der Waals surface area (Å²) in [6.45, 7) is 3.14. The zero-order valence-electron chi connectivity index (χ0n) is 9.38. The highest BCUT2D eigenvalue weighted by Crippen LogP contribution is 2.31. The van der Waals surface area contributed by atoms with Crippen molar-refractivity contribution in [3.05, 3.63) is 33.8 Å². The Morgan fingerprint density at radius 3 is 2.71 bits per heavy atom. The second-order valence-electron chi connectivity index (χ2n) is 3.97. The summed E-state index contributed by atoms with van der Waals surface area (Å²) >= 11 is 3.23. The van der Waals surface area contributed by atoms with Gasteiger partial charge in [0.15, 0.2) is 11.6 Å². The van der Waals surface area contributed by atoms with Crippen molar-refractivity contribution in [2.75, 3.05) is 13.2 Å². The van der Waals surface area contributed by atoms with Gasteiger partial charge < -0.3 is 9.47 Å². The van der Waals surface area contributed by atoms with Crippen LogP contribution in [0.5, 0.6) is 0 Å². The van der Waals surface area contributed by atoms with Crippen molar-refractivity contribution in [2.45, 2.75) is 25.6 Å². The molecule has 1 aliphatic rings. The Hall–Kier alpha value is -0.520. The predicted octanol–water partition coefficient (Wildman–Crippen LogP) is 3.59. The summed E-state index contributed by atoms with van der Waals surface area (Å²) in [6, 6.07) is 2.31. The van der Waals surface area contributed by atoms with Gasteiger partial charge in [0.2, 0.25) is 0 Å². The van der Waals surface area contributed by atoms with E-state index in [2.05, 4.69) is 15.9 Å². The van der Waals surface area contributed by atoms with Gasteiger partial charge in [-0.15, -0.1) is 0 Å². The van der Waals surface area contributed by atoms with Crippen LogP contribution >= 0.6 is 15.9 Å². The van der Waals surface area contributed by atoms with Gasteiger partial charge >= 0.3 is 0 Å². The predicted molar refractivity (Wildman–Crippen MR) is 62.8 cm³/mol. The summed E-state index contributed by atoms with van der Waals surface area (Å²) in [6.07, 6.45) is 0.605. The van der Waals surface area contributed by atoms with Crippen molar-refractivity contribution >= 4 is 15.9 Å². The van der Waals surface area contributed by atoms with Gasteiger partial charge in [0, 0.05) is 4.47 Å². The van der Waals surface area contributed by atoms with E-state index in [1.165, 1.54) is 6.07 Å². The molecule has 0 bridgehead atoms. The molecule has 0 saturated carbocycles. The lowest BCUT2D eigenvalue weighted by Gasteiger charge is -2.17. The van der Waals surface area contributed by atoms with E-state index >= 15 is 0 Å². The molecule has 0 amide bonds. The largest absolute Gasteiger partial charge is 0.371 e. The van der Waals surface area contributed by atoms with E-state index in [9.17, 15) is 8.78 Å². The second-order valence-corrected chi connectivity index (χ2v) is 4.83. The number of ether oxygens (including phenoxy) is 2. The maximum atomic E-state index is 13.2. The smallest absolute Gasteiger partial charge is 0.159 e. The monoisotopic (exact) mass is 306 g/mol. The molecule has 1 aromatic rings. The van der Waals surface area contributed by atoms with Crippen LogP contribution in [0.3, 0.4) is 0 Å². The molecule has 1 saturated heterocycles. The molecule has 1 heterocycles. The van der Waals surface area contributed by atoms with Crippen LogP contribution in [0.15, 0.2) is 16.6 Å². The molecule has 2 atom stereocenters. The highest BCUT2D eigenvalue weighted by atomic mass is 79.9. The molecular formula is C12H13BrF2O2. The molecule has 0 N–H and O–H groups in total. The highest BCUT2D eigenvalue weighted by molar-refractivity contribution is 9.10. The Bertz CT molecular complexity index is 408. The zero-order valence-corrected chi connectivity index (χ0v) is 11.0. The summed E-state index contributed by atoms with van der Waals surface area (Å²) in [4.78, 5) is 0. The summed E-state index contributed by atoms with van der Waals surface area (Å²) < 4.78 is 37.4. The maximum Gasteiger partial charge on any atom is 0.159 e. The van der Waals surface area contributed by atoms with Gasteiger partial charge in [0.25, 0.3) is 0 Å². The van der Waals surface area contributed by atoms with Crippen molar-refractivity contribution in [1.29, 1.82) is 0 Å². The van der Waals surface area contributed by atoms with Crippen LogP contribution in [-0.2, 0) is 9.47 Å². The van der Waals surface area contributed by atoms with Crippen LogP contribution in [0, 0.1) is 11.6 Å². The fourth-order valence-electron chi connectivity index (χ4n) is 1.60. The van der Waals surface area contributed by atoms with Crippen molar-refractivity contribution in [3.63, 3.8) is 0 Å². The minimum absolute atomic E-state index is 0.160. The van der Waals surface area contributed by atoms with E-state index in [0.29, 0.717) is 23.1 Å². The van der Waals surface area contributed by atoms with Crippen LogP contribution < -0.4 is 0 Å². The molecule has 2 nitrogen and oxygen atoms in total. The van der Waals surface area contributed by atoms with Crippen LogP contribution in [0.4, 0.5) is 8.78 Å². The van der Waals surface area contributed by atoms with Crippen LogP contribution in [0.25, 0.3) is 0 Å². The lowest BCUT2D eigenvalue weighted by molar-refractivity contribution is 0.0387. The molecule has 0 aliphatic carbocycles. The molecule has 0 radical (unpaired) electrons. The molecule has 94 valence electrons. The van der Waals surface area contributed by atoms with Gasteiger partial charge in [0.05, 0.1) is 19.3 Å². The van der Waals surface area contributed by atoms with E-state index in [0.717, 1.165) is 12.7 Å². The molecule has 1 aliphatic heterocycles. The van der Waals surface area contributed by atoms with Gasteiger partial charge in [0.1, 0.15) is 6.10 Å². The molecule has 0 spiro atoms. The zero-order chi connectivity index (χ0) is 12.4. The summed E-state index contributed by atoms with van der Waals surface area (Å²) in [5, 5.41) is 0. The number of epoxide rings is 1. The Labute approximate surface area is 107 Å². The van der Waals surface area contributed by atoms with Gasteiger partial charge in [-0.25, -0.2) is 8.78 Å². The summed E-state index contributed by atoms with van der Waals surface area (Å²) in [7, 11) is 0. The Balaban J connectivity index is 2.13. The van der Waals surface area contributed by atoms with Crippen molar-refractivity contribution < 1.29 is 18.3 Å². The first-order valence-corrected chi connectivity index (χ1v) is 6.28. The van der Waals surface area contributed by atoms with Crippen LogP contribution in [0.1, 0.15) is 25.0 Å². The number of rotatable bonds is 5. The third-order valence-electron chi connectivity index (χ3n) is 2.64. The average molecular weight is 307 g/mol. The standard InChI is InChI=1S/C12H13BrF2O2/c1-2-12(17-6-7-5-16-7)8-3-10(14)11(15)4-9(8)13/h3-4,7,12H,2,5-6H2,1H3/t7-,12-/m1/s1. The number of hydrogen-bond acceptors (Lipinski definition) is 2. The minimum atomic E-state index is -0.860. The fraction of sp³-hybridized carbons (Fsp3) is 0.500. The van der Waals surface area contributed by atoms with Gasteiger partial charge in [-0.05, 0) is 24.1 Å². The van der Waals surface area contributed by atoms with Crippen LogP contribution in [-0.4, -0.2) is 19.3 Å². The third kappa shape index (κ3) is 3.24. The Morgan fingerprint density at radius 2 is 2.12 bits per heavy atom. The number of halogens is 3. The third-order valence-corrected chi connectivity index (χ3v) is 3.33. The maximum absolute atomic E-state index is 13.2. The molecule has 5 heteroatoms. The van der Waals surface area contributed by atoms with E-state index in [1.54, 1.807) is 0 Å². The Kier molecular flexibility index (Phi) is 4.12. The first kappa shape index (κ1) is 12.9. The second kappa shape index (κ2) is 5.42. The normalized spacial score (nSPS) is 20.4. The van der Waals surface area contributed by atoms with Crippen molar-refractivity contribution in [1.82, 2.24) is 0 Å². The first-order chi connectivity index (χ1) is 8.11. The molecule has 1 fully saturated rings. The van der Waals surface area contributed by atoms with E-state index < -0.39 is 11.6 Å². The van der Waals surface area contributed by atoms with E-state index in [-0.39, 0.29) is 12.2 Å². The van der Waals surface area contributed by atoms with Gasteiger partial charge in [-0.2, -0.15) is 0 Å². The van der Waals surface area contributed by atoms with E-state index in [4.69, 9.17) is 9.47 Å². The lowest BCUT2D eigenvalue weighted by Crippen LogP contribution is -2.09. The Morgan fingerprint density at radius 1 is 1.47 bits per heavy atom. The topological polar surface area (TPSA) is 21.8 Å². The molecule has 1 aromatic carbocycles. The molecular weight excluding hydrogens is 294 g/mol. The fourth-order valence-corrected chi connectivity index (χ4v) is 2.17. The highest BCUT2D eigenvalue weighted by Gasteiger charge is 2.25. The van der Waals surface area contributed by atoms with Gasteiger partial charge in [-0.3, -0.25) is 0 Å². The average Bonchev–Trinajstić information content (AvgIpc) is 3.09. The summed E-state index contributed by atoms with van der Waals surface area (Å²) in [5.41, 5.74) is 0.632. The minimum Gasteiger partial charge on any atom is -0.371 e. The first-order valence-electron chi connectivity index (χ1n) is 5.49. The molecule has 0 aromatic heterocycles. The van der Waals surface area contributed by atoms with E-state index in [1.807, 2.05) is 6.92 Å². The molecule has 17 heavy (non-hydrogen) atoms. The lowest BCUT2D eigenvalue weighted by atomic mass is 10.1. The van der Waals surface area contributed by atoms with Crippen LogP contribution in [0.2, 0.25) is 0 Å². The number of hydrogen-bond donors (Lipinski definition) is 0. The van der Waals surface area contributed by atoms with Crippen molar-refractivity contribution in [3.8, 4) is 0 Å².